The minimum absolute atomic E-state index is 0.149. The van der Waals surface area contributed by atoms with Crippen molar-refractivity contribution < 1.29 is 9.90 Å². The Morgan fingerprint density at radius 2 is 2.17 bits per heavy atom. The molecule has 0 amide bonds. The summed E-state index contributed by atoms with van der Waals surface area (Å²) >= 11 is 9.46. The van der Waals surface area contributed by atoms with Gasteiger partial charge in [0.15, 0.2) is 0 Å². The molecular weight excluding hydrogens is 318 g/mol. The highest BCUT2D eigenvalue weighted by atomic mass is 79.9. The summed E-state index contributed by atoms with van der Waals surface area (Å²) in [5.74, 6) is -0.772. The Labute approximate surface area is 121 Å². The Bertz CT molecular complexity index is 423. The second-order valence-electron chi connectivity index (χ2n) is 4.44. The van der Waals surface area contributed by atoms with Gasteiger partial charge in [0.25, 0.3) is 0 Å². The van der Waals surface area contributed by atoms with E-state index in [1.54, 1.807) is 0 Å². The minimum Gasteiger partial charge on any atom is -0.481 e. The van der Waals surface area contributed by atoms with Crippen molar-refractivity contribution in [1.82, 2.24) is 4.90 Å². The zero-order valence-electron chi connectivity index (χ0n) is 10.5. The fraction of sp³-hybridized carbons (Fsp3) is 0.462. The van der Waals surface area contributed by atoms with E-state index < -0.39 is 5.97 Å². The maximum atomic E-state index is 10.6. The molecule has 0 aliphatic heterocycles. The molecule has 1 aromatic carbocycles. The quantitative estimate of drug-likeness (QED) is 0.860. The summed E-state index contributed by atoms with van der Waals surface area (Å²) in [6, 6.07) is 5.93. The van der Waals surface area contributed by atoms with E-state index in [-0.39, 0.29) is 12.5 Å². The largest absolute Gasteiger partial charge is 0.481 e. The van der Waals surface area contributed by atoms with E-state index in [2.05, 4.69) is 34.7 Å². The van der Waals surface area contributed by atoms with E-state index in [0.29, 0.717) is 18.1 Å². The van der Waals surface area contributed by atoms with Crippen molar-refractivity contribution in [2.75, 3.05) is 6.54 Å². The predicted octanol–water partition coefficient (Wildman–Crippen LogP) is 3.79. The number of hydrogen-bond donors (Lipinski definition) is 1. The normalized spacial score (nSPS) is 11.2. The Hall–Kier alpha value is -0.580. The molecular formula is C13H17BrClNO2. The monoisotopic (exact) mass is 333 g/mol. The lowest BCUT2D eigenvalue weighted by atomic mass is 10.2. The number of carboxylic acid groups (broad SMARTS) is 1. The van der Waals surface area contributed by atoms with Gasteiger partial charge in [-0.25, -0.2) is 0 Å². The first-order valence-electron chi connectivity index (χ1n) is 5.80. The van der Waals surface area contributed by atoms with Crippen LogP contribution in [0, 0.1) is 0 Å². The predicted molar refractivity (Wildman–Crippen MR) is 77.0 cm³/mol. The van der Waals surface area contributed by atoms with Gasteiger partial charge in [-0.2, -0.15) is 0 Å². The molecule has 0 radical (unpaired) electrons. The Morgan fingerprint density at radius 1 is 1.50 bits per heavy atom. The molecule has 1 N–H and O–H groups in total. The van der Waals surface area contributed by atoms with Crippen molar-refractivity contribution in [2.45, 2.75) is 32.9 Å². The number of rotatable bonds is 6. The highest BCUT2D eigenvalue weighted by Crippen LogP contribution is 2.23. The van der Waals surface area contributed by atoms with Crippen LogP contribution in [0.3, 0.4) is 0 Å². The van der Waals surface area contributed by atoms with Crippen LogP contribution >= 0.6 is 27.5 Å². The first-order chi connectivity index (χ1) is 8.40. The van der Waals surface area contributed by atoms with Gasteiger partial charge in [0, 0.05) is 28.6 Å². The Morgan fingerprint density at radius 3 is 2.72 bits per heavy atom. The molecule has 0 aliphatic rings. The van der Waals surface area contributed by atoms with Crippen LogP contribution in [0.25, 0.3) is 0 Å². The summed E-state index contributed by atoms with van der Waals surface area (Å²) in [5, 5.41) is 9.44. The lowest BCUT2D eigenvalue weighted by Gasteiger charge is -2.26. The number of benzene rings is 1. The molecule has 0 fully saturated rings. The molecule has 100 valence electrons. The molecule has 0 heterocycles. The first kappa shape index (κ1) is 15.5. The van der Waals surface area contributed by atoms with E-state index in [9.17, 15) is 4.79 Å². The average molecular weight is 335 g/mol. The molecule has 0 atom stereocenters. The van der Waals surface area contributed by atoms with Crippen LogP contribution in [0.4, 0.5) is 0 Å². The van der Waals surface area contributed by atoms with E-state index in [0.717, 1.165) is 10.0 Å². The zero-order chi connectivity index (χ0) is 13.7. The molecule has 0 spiro atoms. The van der Waals surface area contributed by atoms with Crippen molar-refractivity contribution in [3.63, 3.8) is 0 Å². The SMILES string of the molecule is CC(C)N(CCC(=O)O)Cc1cc(Cl)ccc1Br. The number of hydrogen-bond acceptors (Lipinski definition) is 2. The van der Waals surface area contributed by atoms with Gasteiger partial charge in [-0.05, 0) is 37.6 Å². The maximum absolute atomic E-state index is 10.6. The van der Waals surface area contributed by atoms with Gasteiger partial charge in [-0.3, -0.25) is 9.69 Å². The smallest absolute Gasteiger partial charge is 0.304 e. The second-order valence-corrected chi connectivity index (χ2v) is 5.73. The van der Waals surface area contributed by atoms with Crippen LogP contribution < -0.4 is 0 Å². The van der Waals surface area contributed by atoms with Gasteiger partial charge in [0.05, 0.1) is 6.42 Å². The van der Waals surface area contributed by atoms with Crippen LogP contribution in [-0.2, 0) is 11.3 Å². The molecule has 18 heavy (non-hydrogen) atoms. The Kier molecular flexibility index (Phi) is 6.12. The number of aliphatic carboxylic acids is 1. The summed E-state index contributed by atoms with van der Waals surface area (Å²) < 4.78 is 0.993. The van der Waals surface area contributed by atoms with Crippen LogP contribution in [0.5, 0.6) is 0 Å². The third-order valence-corrected chi connectivity index (χ3v) is 3.73. The van der Waals surface area contributed by atoms with Crippen LogP contribution in [0.15, 0.2) is 22.7 Å². The van der Waals surface area contributed by atoms with Crippen molar-refractivity contribution in [2.24, 2.45) is 0 Å². The van der Waals surface area contributed by atoms with E-state index in [1.165, 1.54) is 0 Å². The number of halogens is 2. The van der Waals surface area contributed by atoms with Crippen molar-refractivity contribution in [1.29, 1.82) is 0 Å². The molecule has 0 bridgehead atoms. The summed E-state index contributed by atoms with van der Waals surface area (Å²) in [6.45, 7) is 5.33. The zero-order valence-corrected chi connectivity index (χ0v) is 12.8. The van der Waals surface area contributed by atoms with Crippen LogP contribution in [-0.4, -0.2) is 28.6 Å². The highest BCUT2D eigenvalue weighted by molar-refractivity contribution is 9.10. The van der Waals surface area contributed by atoms with E-state index in [1.807, 2.05) is 18.2 Å². The molecule has 1 rings (SSSR count). The molecule has 0 aliphatic carbocycles. The maximum Gasteiger partial charge on any atom is 0.304 e. The lowest BCUT2D eigenvalue weighted by molar-refractivity contribution is -0.137. The molecule has 0 aromatic heterocycles. The van der Waals surface area contributed by atoms with Gasteiger partial charge < -0.3 is 5.11 Å². The van der Waals surface area contributed by atoms with Crippen LogP contribution in [0.1, 0.15) is 25.8 Å². The standard InChI is InChI=1S/C13H17BrClNO2/c1-9(2)16(6-5-13(17)18)8-10-7-11(15)3-4-12(10)14/h3-4,7,9H,5-6,8H2,1-2H3,(H,17,18). The minimum atomic E-state index is -0.772. The van der Waals surface area contributed by atoms with Crippen molar-refractivity contribution >= 4 is 33.5 Å². The van der Waals surface area contributed by atoms with Gasteiger partial charge in [0.2, 0.25) is 0 Å². The summed E-state index contributed by atoms with van der Waals surface area (Å²) in [7, 11) is 0. The molecule has 3 nitrogen and oxygen atoms in total. The van der Waals surface area contributed by atoms with E-state index in [4.69, 9.17) is 16.7 Å². The third-order valence-electron chi connectivity index (χ3n) is 2.72. The second kappa shape index (κ2) is 7.12. The molecule has 0 saturated carbocycles. The number of carbonyl (C=O) groups is 1. The summed E-state index contributed by atoms with van der Waals surface area (Å²) in [4.78, 5) is 12.8. The third kappa shape index (κ3) is 4.96. The average Bonchev–Trinajstić information content (AvgIpc) is 2.28. The highest BCUT2D eigenvalue weighted by Gasteiger charge is 2.13. The van der Waals surface area contributed by atoms with Gasteiger partial charge in [0.1, 0.15) is 0 Å². The number of nitrogens with zero attached hydrogens (tertiary/aromatic N) is 1. The fourth-order valence-corrected chi connectivity index (χ4v) is 2.21. The summed E-state index contributed by atoms with van der Waals surface area (Å²) in [6.07, 6.45) is 0.149. The van der Waals surface area contributed by atoms with Crippen molar-refractivity contribution in [3.05, 3.63) is 33.3 Å². The van der Waals surface area contributed by atoms with Crippen LogP contribution in [0.2, 0.25) is 5.02 Å². The lowest BCUT2D eigenvalue weighted by Crippen LogP contribution is -2.32. The molecule has 0 saturated heterocycles. The van der Waals surface area contributed by atoms with Gasteiger partial charge in [-0.1, -0.05) is 27.5 Å². The van der Waals surface area contributed by atoms with E-state index >= 15 is 0 Å². The topological polar surface area (TPSA) is 40.5 Å². The molecule has 1 aromatic rings. The van der Waals surface area contributed by atoms with Crippen molar-refractivity contribution in [3.8, 4) is 0 Å². The Balaban J connectivity index is 2.76. The fourth-order valence-electron chi connectivity index (χ4n) is 1.64. The number of carboxylic acids is 1. The first-order valence-corrected chi connectivity index (χ1v) is 6.97. The molecule has 5 heteroatoms. The van der Waals surface area contributed by atoms with Gasteiger partial charge >= 0.3 is 5.97 Å². The summed E-state index contributed by atoms with van der Waals surface area (Å²) in [5.41, 5.74) is 1.07. The molecule has 0 unspecified atom stereocenters. The van der Waals surface area contributed by atoms with Gasteiger partial charge in [-0.15, -0.1) is 0 Å².